The molecule has 1 aliphatic heterocycles. The van der Waals surface area contributed by atoms with Crippen LogP contribution in [0.4, 0.5) is 0 Å². The minimum atomic E-state index is -0.0764. The van der Waals surface area contributed by atoms with Gasteiger partial charge in [-0.1, -0.05) is 39.8 Å². The van der Waals surface area contributed by atoms with Crippen molar-refractivity contribution in [1.29, 1.82) is 0 Å². The van der Waals surface area contributed by atoms with E-state index in [2.05, 4.69) is 0 Å². The SMILES string of the molecule is C=O.CC.CC.COC1COc2cc(O)cc(O)c2C1.Oc1ccccc1O. The Morgan fingerprint density at radius 3 is 1.86 bits per heavy atom. The molecule has 158 valence electrons. The minimum absolute atomic E-state index is 0.0112. The summed E-state index contributed by atoms with van der Waals surface area (Å²) in [7, 11) is 1.61. The Labute approximate surface area is 166 Å². The largest absolute Gasteiger partial charge is 0.508 e. The van der Waals surface area contributed by atoms with Gasteiger partial charge >= 0.3 is 0 Å². The fourth-order valence-electron chi connectivity index (χ4n) is 2.04. The van der Waals surface area contributed by atoms with Gasteiger partial charge in [0.1, 0.15) is 30.6 Å². The van der Waals surface area contributed by atoms with E-state index in [1.807, 2.05) is 34.5 Å². The Bertz CT molecular complexity index is 638. The van der Waals surface area contributed by atoms with E-state index in [9.17, 15) is 10.2 Å². The minimum Gasteiger partial charge on any atom is -0.508 e. The van der Waals surface area contributed by atoms with Crippen molar-refractivity contribution in [2.75, 3.05) is 13.7 Å². The predicted octanol–water partition coefficient (Wildman–Crippen LogP) is 4.01. The van der Waals surface area contributed by atoms with Gasteiger partial charge in [-0.25, -0.2) is 0 Å². The van der Waals surface area contributed by atoms with Crippen LogP contribution in [-0.4, -0.2) is 47.0 Å². The normalized spacial score (nSPS) is 13.1. The molecule has 7 nitrogen and oxygen atoms in total. The Morgan fingerprint density at radius 2 is 1.43 bits per heavy atom. The zero-order valence-corrected chi connectivity index (χ0v) is 17.2. The molecule has 0 saturated heterocycles. The van der Waals surface area contributed by atoms with E-state index in [4.69, 9.17) is 24.5 Å². The number of carbonyl (C=O) groups excluding carboxylic acids is 1. The number of ether oxygens (including phenoxy) is 2. The predicted molar refractivity (Wildman–Crippen MR) is 109 cm³/mol. The van der Waals surface area contributed by atoms with E-state index in [0.29, 0.717) is 24.3 Å². The maximum atomic E-state index is 9.55. The van der Waals surface area contributed by atoms with Gasteiger partial charge in [-0.15, -0.1) is 0 Å². The molecule has 2 aromatic carbocycles. The molecule has 0 aromatic heterocycles. The highest BCUT2D eigenvalue weighted by Crippen LogP contribution is 2.36. The number of aromatic hydroxyl groups is 4. The van der Waals surface area contributed by atoms with Crippen LogP contribution in [0.5, 0.6) is 28.7 Å². The van der Waals surface area contributed by atoms with Gasteiger partial charge in [-0.3, -0.25) is 0 Å². The first-order chi connectivity index (χ1) is 13.5. The van der Waals surface area contributed by atoms with Crippen molar-refractivity contribution < 1.29 is 34.7 Å². The molecule has 1 unspecified atom stereocenters. The third kappa shape index (κ3) is 9.14. The Balaban J connectivity index is 0. The Hall–Kier alpha value is -2.93. The molecular weight excluding hydrogens is 364 g/mol. The maximum Gasteiger partial charge on any atom is 0.157 e. The van der Waals surface area contributed by atoms with Crippen molar-refractivity contribution in [3.05, 3.63) is 42.0 Å². The number of fused-ring (bicyclic) bond motifs is 1. The van der Waals surface area contributed by atoms with Crippen molar-refractivity contribution >= 4 is 6.79 Å². The number of benzene rings is 2. The second-order valence-electron chi connectivity index (χ2n) is 4.80. The second-order valence-corrected chi connectivity index (χ2v) is 4.80. The van der Waals surface area contributed by atoms with Gasteiger partial charge in [0.2, 0.25) is 0 Å². The van der Waals surface area contributed by atoms with E-state index < -0.39 is 0 Å². The molecule has 0 aliphatic carbocycles. The molecule has 0 bridgehead atoms. The van der Waals surface area contributed by atoms with Crippen LogP contribution in [0, 0.1) is 0 Å². The summed E-state index contributed by atoms with van der Waals surface area (Å²) in [5.41, 5.74) is 0.695. The van der Waals surface area contributed by atoms with Crippen molar-refractivity contribution in [2.24, 2.45) is 0 Å². The summed E-state index contributed by atoms with van der Waals surface area (Å²) in [6.07, 6.45) is 0.579. The number of hydrogen-bond donors (Lipinski definition) is 4. The topological polar surface area (TPSA) is 116 Å². The first-order valence-corrected chi connectivity index (χ1v) is 8.97. The third-order valence-electron chi connectivity index (χ3n) is 3.24. The van der Waals surface area contributed by atoms with Crippen molar-refractivity contribution in [2.45, 2.75) is 40.2 Å². The molecule has 0 saturated carbocycles. The lowest BCUT2D eigenvalue weighted by atomic mass is 10.0. The Kier molecular flexibility index (Phi) is 15.8. The Morgan fingerprint density at radius 1 is 0.929 bits per heavy atom. The summed E-state index contributed by atoms with van der Waals surface area (Å²) in [5.74, 6) is 0.453. The fraction of sp³-hybridized carbons (Fsp3) is 0.381. The first-order valence-electron chi connectivity index (χ1n) is 8.97. The van der Waals surface area contributed by atoms with Gasteiger partial charge in [-0.05, 0) is 12.1 Å². The molecule has 0 amide bonds. The summed E-state index contributed by atoms with van der Waals surface area (Å²) in [5, 5.41) is 36.1. The van der Waals surface area contributed by atoms with Crippen LogP contribution >= 0.6 is 0 Å². The molecule has 3 rings (SSSR count). The smallest absolute Gasteiger partial charge is 0.157 e. The molecule has 28 heavy (non-hydrogen) atoms. The second kappa shape index (κ2) is 16.3. The van der Waals surface area contributed by atoms with Crippen LogP contribution in [-0.2, 0) is 16.0 Å². The summed E-state index contributed by atoms with van der Waals surface area (Å²) in [4.78, 5) is 8.00. The van der Waals surface area contributed by atoms with Crippen LogP contribution < -0.4 is 4.74 Å². The summed E-state index contributed by atoms with van der Waals surface area (Å²) < 4.78 is 10.5. The van der Waals surface area contributed by atoms with Gasteiger partial charge in [-0.2, -0.15) is 0 Å². The fourth-order valence-corrected chi connectivity index (χ4v) is 2.04. The molecule has 2 aromatic rings. The van der Waals surface area contributed by atoms with E-state index in [0.717, 1.165) is 0 Å². The quantitative estimate of drug-likeness (QED) is 0.538. The van der Waals surface area contributed by atoms with Crippen LogP contribution in [0.3, 0.4) is 0 Å². The van der Waals surface area contributed by atoms with E-state index in [1.165, 1.54) is 24.3 Å². The summed E-state index contributed by atoms with van der Waals surface area (Å²) in [6.45, 7) is 10.5. The highest BCUT2D eigenvalue weighted by molar-refractivity contribution is 5.50. The number of carbonyl (C=O) groups is 1. The zero-order chi connectivity index (χ0) is 22.1. The van der Waals surface area contributed by atoms with Crippen molar-refractivity contribution in [1.82, 2.24) is 0 Å². The number of phenolic OH excluding ortho intramolecular Hbond substituents is 4. The van der Waals surface area contributed by atoms with Crippen LogP contribution in [0.15, 0.2) is 36.4 Å². The van der Waals surface area contributed by atoms with Crippen LogP contribution in [0.1, 0.15) is 33.3 Å². The molecule has 4 N–H and O–H groups in total. The van der Waals surface area contributed by atoms with Crippen LogP contribution in [0.2, 0.25) is 0 Å². The van der Waals surface area contributed by atoms with Crippen molar-refractivity contribution in [3.8, 4) is 28.7 Å². The lowest BCUT2D eigenvalue weighted by Gasteiger charge is -2.24. The highest BCUT2D eigenvalue weighted by atomic mass is 16.5. The molecule has 0 fully saturated rings. The van der Waals surface area contributed by atoms with Gasteiger partial charge in [0.15, 0.2) is 11.5 Å². The zero-order valence-electron chi connectivity index (χ0n) is 17.2. The molecule has 1 atom stereocenters. The molecule has 0 radical (unpaired) electrons. The van der Waals surface area contributed by atoms with E-state index in [-0.39, 0.29) is 29.1 Å². The summed E-state index contributed by atoms with van der Waals surface area (Å²) in [6, 6.07) is 8.95. The monoisotopic (exact) mass is 396 g/mol. The maximum absolute atomic E-state index is 9.55. The summed E-state index contributed by atoms with van der Waals surface area (Å²) >= 11 is 0. The highest BCUT2D eigenvalue weighted by Gasteiger charge is 2.22. The van der Waals surface area contributed by atoms with E-state index in [1.54, 1.807) is 19.2 Å². The molecule has 1 heterocycles. The molecular formula is C21H32O7. The van der Waals surface area contributed by atoms with Crippen molar-refractivity contribution in [3.63, 3.8) is 0 Å². The van der Waals surface area contributed by atoms with Gasteiger partial charge in [0, 0.05) is 31.2 Å². The lowest BCUT2D eigenvalue weighted by Crippen LogP contribution is -2.27. The molecule has 7 heteroatoms. The average molecular weight is 396 g/mol. The first kappa shape index (κ1) is 27.3. The van der Waals surface area contributed by atoms with Gasteiger partial charge < -0.3 is 34.7 Å². The number of hydrogen-bond acceptors (Lipinski definition) is 7. The number of phenols is 4. The standard InChI is InChI=1S/C10H12O4.C6H6O2.2C2H6.CH2O/c1-13-7-4-8-9(12)2-6(11)3-10(8)14-5-7;7-5-3-1-2-4-6(5)8;3*1-2/h2-3,7,11-12H,4-5H2,1H3;1-4,7-8H;2*1-2H3;1H2. The van der Waals surface area contributed by atoms with E-state index >= 15 is 0 Å². The number of para-hydroxylation sites is 2. The number of methoxy groups -OCH3 is 1. The lowest BCUT2D eigenvalue weighted by molar-refractivity contribution is -0.0980. The molecule has 1 aliphatic rings. The van der Waals surface area contributed by atoms with Gasteiger partial charge in [0.25, 0.3) is 0 Å². The third-order valence-corrected chi connectivity index (χ3v) is 3.24. The molecule has 0 spiro atoms. The number of rotatable bonds is 1. The van der Waals surface area contributed by atoms with Crippen LogP contribution in [0.25, 0.3) is 0 Å². The van der Waals surface area contributed by atoms with Gasteiger partial charge in [0.05, 0.1) is 6.10 Å². The average Bonchev–Trinajstić information content (AvgIpc) is 2.75.